The number of nitrogens with one attached hydrogen (secondary N) is 2. The first-order chi connectivity index (χ1) is 10.7. The molecule has 118 valence electrons. The summed E-state index contributed by atoms with van der Waals surface area (Å²) in [6.45, 7) is 1.04. The molecule has 2 amide bonds. The Kier molecular flexibility index (Phi) is 4.84. The van der Waals surface area contributed by atoms with E-state index in [0.717, 1.165) is 17.3 Å². The monoisotopic (exact) mass is 321 g/mol. The Labute approximate surface area is 133 Å². The van der Waals surface area contributed by atoms with Crippen LogP contribution in [-0.2, 0) is 9.53 Å². The van der Waals surface area contributed by atoms with E-state index in [9.17, 15) is 9.59 Å². The summed E-state index contributed by atoms with van der Waals surface area (Å²) in [4.78, 5) is 25.4. The normalized spacial score (nSPS) is 24.4. The highest BCUT2D eigenvalue weighted by Gasteiger charge is 2.32. The molecule has 2 heterocycles. The number of para-hydroxylation sites is 1. The molecule has 0 aliphatic carbocycles. The third kappa shape index (κ3) is 3.53. The number of ether oxygens (including phenoxy) is 1. The van der Waals surface area contributed by atoms with Crippen molar-refractivity contribution in [1.82, 2.24) is 10.6 Å². The number of anilines is 1. The van der Waals surface area contributed by atoms with Crippen LogP contribution in [0.2, 0.25) is 0 Å². The van der Waals surface area contributed by atoms with Gasteiger partial charge in [0.25, 0.3) is 0 Å². The largest absolute Gasteiger partial charge is 0.444 e. The molecule has 1 aromatic rings. The van der Waals surface area contributed by atoms with Gasteiger partial charge in [-0.25, -0.2) is 4.79 Å². The molecule has 2 fully saturated rings. The molecule has 3 rings (SSSR count). The number of thioether (sulfide) groups is 1. The fraction of sp³-hybridized carbons (Fsp3) is 0.467. The Morgan fingerprint density at radius 1 is 1.41 bits per heavy atom. The molecule has 2 aliphatic heterocycles. The minimum atomic E-state index is -0.323. The van der Waals surface area contributed by atoms with Crippen LogP contribution >= 0.6 is 11.8 Å². The summed E-state index contributed by atoms with van der Waals surface area (Å²) >= 11 is 1.72. The second kappa shape index (κ2) is 7.02. The maximum Gasteiger partial charge on any atom is 0.414 e. The molecule has 2 saturated heterocycles. The van der Waals surface area contributed by atoms with Gasteiger partial charge >= 0.3 is 6.09 Å². The topological polar surface area (TPSA) is 70.7 Å². The van der Waals surface area contributed by atoms with Crippen molar-refractivity contribution >= 4 is 29.4 Å². The van der Waals surface area contributed by atoms with E-state index in [1.54, 1.807) is 16.7 Å². The average Bonchev–Trinajstić information content (AvgIpc) is 3.18. The number of cyclic esters (lactones) is 1. The average molecular weight is 321 g/mol. The lowest BCUT2D eigenvalue weighted by Gasteiger charge is -2.13. The van der Waals surface area contributed by atoms with E-state index in [0.29, 0.717) is 19.5 Å². The van der Waals surface area contributed by atoms with Crippen molar-refractivity contribution in [2.45, 2.75) is 18.6 Å². The summed E-state index contributed by atoms with van der Waals surface area (Å²) < 4.78 is 5.35. The van der Waals surface area contributed by atoms with Crippen molar-refractivity contribution in [3.05, 3.63) is 30.3 Å². The van der Waals surface area contributed by atoms with Crippen LogP contribution in [0.4, 0.5) is 10.5 Å². The Balaban J connectivity index is 1.44. The molecule has 22 heavy (non-hydrogen) atoms. The zero-order valence-corrected chi connectivity index (χ0v) is 13.0. The number of nitrogens with zero attached hydrogens (tertiary/aromatic N) is 1. The maximum absolute atomic E-state index is 11.9. The third-order valence-corrected chi connectivity index (χ3v) is 4.68. The van der Waals surface area contributed by atoms with E-state index < -0.39 is 0 Å². The molecule has 2 N–H and O–H groups in total. The zero-order valence-electron chi connectivity index (χ0n) is 12.2. The van der Waals surface area contributed by atoms with Crippen LogP contribution in [0, 0.1) is 0 Å². The first-order valence-electron chi connectivity index (χ1n) is 7.36. The highest BCUT2D eigenvalue weighted by molar-refractivity contribution is 7.99. The second-order valence-corrected chi connectivity index (χ2v) is 6.33. The molecule has 0 spiro atoms. The fourth-order valence-electron chi connectivity index (χ4n) is 2.53. The zero-order chi connectivity index (χ0) is 15.4. The van der Waals surface area contributed by atoms with Crippen LogP contribution in [0.3, 0.4) is 0 Å². The number of amides is 2. The molecule has 0 radical (unpaired) electrons. The van der Waals surface area contributed by atoms with E-state index in [1.807, 2.05) is 30.3 Å². The number of carbonyl (C=O) groups is 2. The van der Waals surface area contributed by atoms with E-state index >= 15 is 0 Å². The summed E-state index contributed by atoms with van der Waals surface area (Å²) in [6, 6.07) is 9.36. The maximum atomic E-state index is 11.9. The number of hydrogen-bond acceptors (Lipinski definition) is 5. The SMILES string of the molecule is O=C(NCCC1CN(c2ccccc2)C(=O)O1)C1CSCN1. The van der Waals surface area contributed by atoms with Gasteiger partial charge in [0.15, 0.2) is 0 Å². The van der Waals surface area contributed by atoms with Crippen molar-refractivity contribution in [3.63, 3.8) is 0 Å². The van der Waals surface area contributed by atoms with E-state index in [-0.39, 0.29) is 24.1 Å². The predicted octanol–water partition coefficient (Wildman–Crippen LogP) is 1.18. The Bertz CT molecular complexity index is 534. The van der Waals surface area contributed by atoms with Crippen molar-refractivity contribution in [3.8, 4) is 0 Å². The molecule has 0 bridgehead atoms. The van der Waals surface area contributed by atoms with Gasteiger partial charge in [0.1, 0.15) is 6.10 Å². The van der Waals surface area contributed by atoms with Crippen molar-refractivity contribution < 1.29 is 14.3 Å². The minimum absolute atomic E-state index is 0.0224. The molecular formula is C15H19N3O3S. The third-order valence-electron chi connectivity index (χ3n) is 3.74. The van der Waals surface area contributed by atoms with Crippen LogP contribution < -0.4 is 15.5 Å². The van der Waals surface area contributed by atoms with Crippen molar-refractivity contribution in [1.29, 1.82) is 0 Å². The number of hydrogen-bond donors (Lipinski definition) is 2. The molecule has 7 heteroatoms. The fourth-order valence-corrected chi connectivity index (χ4v) is 3.48. The lowest BCUT2D eigenvalue weighted by atomic mass is 10.2. The smallest absolute Gasteiger partial charge is 0.414 e. The number of carbonyl (C=O) groups excluding carboxylic acids is 2. The highest BCUT2D eigenvalue weighted by Crippen LogP contribution is 2.22. The summed E-state index contributed by atoms with van der Waals surface area (Å²) in [6.07, 6.45) is 0.121. The summed E-state index contributed by atoms with van der Waals surface area (Å²) in [5, 5.41) is 6.02. The molecule has 1 aromatic carbocycles. The highest BCUT2D eigenvalue weighted by atomic mass is 32.2. The minimum Gasteiger partial charge on any atom is -0.444 e. The van der Waals surface area contributed by atoms with Gasteiger partial charge in [-0.3, -0.25) is 15.0 Å². The lowest BCUT2D eigenvalue weighted by molar-refractivity contribution is -0.122. The first-order valence-corrected chi connectivity index (χ1v) is 8.51. The quantitative estimate of drug-likeness (QED) is 0.852. The van der Waals surface area contributed by atoms with Gasteiger partial charge in [-0.15, -0.1) is 11.8 Å². The van der Waals surface area contributed by atoms with Gasteiger partial charge in [-0.1, -0.05) is 18.2 Å². The van der Waals surface area contributed by atoms with Gasteiger partial charge in [0.2, 0.25) is 5.91 Å². The summed E-state index contributed by atoms with van der Waals surface area (Å²) in [5.41, 5.74) is 0.839. The standard InChI is InChI=1S/C15H19N3O3S/c19-14(13-9-22-10-17-13)16-7-6-12-8-18(15(20)21-12)11-4-2-1-3-5-11/h1-5,12-13,17H,6-10H2,(H,16,19). The van der Waals surface area contributed by atoms with E-state index in [1.165, 1.54) is 0 Å². The molecule has 6 nitrogen and oxygen atoms in total. The second-order valence-electron chi connectivity index (χ2n) is 5.30. The van der Waals surface area contributed by atoms with Crippen LogP contribution in [0.5, 0.6) is 0 Å². The molecule has 2 aliphatic rings. The number of benzene rings is 1. The Morgan fingerprint density at radius 2 is 2.23 bits per heavy atom. The first kappa shape index (κ1) is 15.2. The summed E-state index contributed by atoms with van der Waals surface area (Å²) in [5.74, 6) is 1.66. The van der Waals surface area contributed by atoms with Crippen LogP contribution in [0.25, 0.3) is 0 Å². The van der Waals surface area contributed by atoms with Crippen molar-refractivity contribution in [2.24, 2.45) is 0 Å². The molecule has 0 saturated carbocycles. The van der Waals surface area contributed by atoms with Gasteiger partial charge in [0.05, 0.1) is 12.6 Å². The molecule has 0 aromatic heterocycles. The van der Waals surface area contributed by atoms with Crippen LogP contribution in [-0.4, -0.2) is 48.9 Å². The molecule has 2 atom stereocenters. The summed E-state index contributed by atoms with van der Waals surface area (Å²) in [7, 11) is 0. The van der Waals surface area contributed by atoms with Gasteiger partial charge < -0.3 is 10.1 Å². The number of rotatable bonds is 5. The van der Waals surface area contributed by atoms with Crippen LogP contribution in [0.15, 0.2) is 30.3 Å². The van der Waals surface area contributed by atoms with Gasteiger partial charge in [0, 0.05) is 30.3 Å². The molecule has 2 unspecified atom stereocenters. The molecular weight excluding hydrogens is 302 g/mol. The predicted molar refractivity (Wildman–Crippen MR) is 85.9 cm³/mol. The van der Waals surface area contributed by atoms with E-state index in [2.05, 4.69) is 10.6 Å². The van der Waals surface area contributed by atoms with E-state index in [4.69, 9.17) is 4.74 Å². The van der Waals surface area contributed by atoms with Crippen molar-refractivity contribution in [2.75, 3.05) is 29.6 Å². The van der Waals surface area contributed by atoms with Crippen LogP contribution in [0.1, 0.15) is 6.42 Å². The Hall–Kier alpha value is -1.73. The lowest BCUT2D eigenvalue weighted by Crippen LogP contribution is -2.42. The van der Waals surface area contributed by atoms with Gasteiger partial charge in [-0.05, 0) is 12.1 Å². The van der Waals surface area contributed by atoms with Gasteiger partial charge in [-0.2, -0.15) is 0 Å². The Morgan fingerprint density at radius 3 is 2.95 bits per heavy atom.